The molecule has 0 spiro atoms. The van der Waals surface area contributed by atoms with Crippen LogP contribution in [0.15, 0.2) is 0 Å². The van der Waals surface area contributed by atoms with E-state index in [1.165, 1.54) is 0 Å². The summed E-state index contributed by atoms with van der Waals surface area (Å²) in [4.78, 5) is 0. The van der Waals surface area contributed by atoms with Crippen LogP contribution >= 0.6 is 0 Å². The van der Waals surface area contributed by atoms with Gasteiger partial charge in [0.05, 0.1) is 0 Å². The van der Waals surface area contributed by atoms with E-state index in [0.29, 0.717) is 29.5 Å². The zero-order chi connectivity index (χ0) is 11.1. The Kier molecular flexibility index (Phi) is 3.07. The highest BCUT2D eigenvalue weighted by atomic mass is 16.4. The maximum absolute atomic E-state index is 5.83. The molecule has 1 heterocycles. The van der Waals surface area contributed by atoms with Gasteiger partial charge in [0.2, 0.25) is 0 Å². The van der Waals surface area contributed by atoms with Crippen molar-refractivity contribution in [1.82, 2.24) is 0 Å². The van der Waals surface area contributed by atoms with Crippen molar-refractivity contribution in [3.8, 4) is 0 Å². The van der Waals surface area contributed by atoms with E-state index in [-0.39, 0.29) is 0 Å². The molecule has 0 aromatic carbocycles. The van der Waals surface area contributed by atoms with Crippen molar-refractivity contribution >= 4 is 6.92 Å². The third-order valence-corrected chi connectivity index (χ3v) is 3.59. The fourth-order valence-electron chi connectivity index (χ4n) is 2.89. The van der Waals surface area contributed by atoms with Crippen LogP contribution in [-0.4, -0.2) is 13.5 Å². The summed E-state index contributed by atoms with van der Waals surface area (Å²) in [7, 11) is 0. The Balaban J connectivity index is 2.88. The van der Waals surface area contributed by atoms with Gasteiger partial charge in [-0.15, -0.1) is 0 Å². The first kappa shape index (κ1) is 12.1. The average molecular weight is 196 g/mol. The smallest absolute Gasteiger partial charge is 0.293 e. The number of hydrogen-bond donors (Lipinski definition) is 0. The molecule has 0 aliphatic carbocycles. The lowest BCUT2D eigenvalue weighted by molar-refractivity contribution is 0.150. The normalized spacial score (nSPS) is 29.8. The lowest BCUT2D eigenvalue weighted by Gasteiger charge is -2.39. The molecule has 1 aliphatic heterocycles. The largest absolute Gasteiger partial charge is 0.436 e. The van der Waals surface area contributed by atoms with Crippen LogP contribution in [0.2, 0.25) is 12.6 Å². The van der Waals surface area contributed by atoms with E-state index in [4.69, 9.17) is 4.65 Å². The van der Waals surface area contributed by atoms with Gasteiger partial charge in [0.1, 0.15) is 0 Å². The van der Waals surface area contributed by atoms with Gasteiger partial charge in [-0.1, -0.05) is 48.4 Å². The van der Waals surface area contributed by atoms with Gasteiger partial charge in [0.15, 0.2) is 0 Å². The van der Waals surface area contributed by atoms with Crippen LogP contribution in [0.5, 0.6) is 0 Å². The van der Waals surface area contributed by atoms with Crippen molar-refractivity contribution in [1.29, 1.82) is 0 Å². The molecule has 14 heavy (non-hydrogen) atoms. The van der Waals surface area contributed by atoms with Crippen LogP contribution in [0.4, 0.5) is 0 Å². The summed E-state index contributed by atoms with van der Waals surface area (Å²) < 4.78 is 5.83. The second-order valence-corrected chi connectivity index (χ2v) is 6.90. The van der Waals surface area contributed by atoms with Crippen LogP contribution in [-0.2, 0) is 4.65 Å². The SMILES string of the molecule is CB1OCC(C(C)(C)C)C1C(C)(C)C. The lowest BCUT2D eigenvalue weighted by Crippen LogP contribution is -2.34. The molecule has 1 rings (SSSR count). The van der Waals surface area contributed by atoms with E-state index >= 15 is 0 Å². The Hall–Kier alpha value is 0.0249. The molecule has 0 saturated carbocycles. The van der Waals surface area contributed by atoms with E-state index in [1.807, 2.05) is 0 Å². The third-order valence-electron chi connectivity index (χ3n) is 3.59. The standard InChI is InChI=1S/C12H25BO/c1-11(2,3)9-8-14-13(7)10(9)12(4,5)6/h9-10H,8H2,1-7H3. The molecule has 1 aliphatic rings. The van der Waals surface area contributed by atoms with Crippen LogP contribution in [0.1, 0.15) is 41.5 Å². The minimum absolute atomic E-state index is 0.355. The molecule has 2 unspecified atom stereocenters. The topological polar surface area (TPSA) is 9.23 Å². The molecule has 2 heteroatoms. The Morgan fingerprint density at radius 2 is 1.50 bits per heavy atom. The average Bonchev–Trinajstić information content (AvgIpc) is 2.27. The predicted molar refractivity (Wildman–Crippen MR) is 63.7 cm³/mol. The third kappa shape index (κ3) is 2.33. The zero-order valence-corrected chi connectivity index (χ0v) is 10.8. The summed E-state index contributed by atoms with van der Waals surface area (Å²) >= 11 is 0. The monoisotopic (exact) mass is 196 g/mol. The Morgan fingerprint density at radius 1 is 1.00 bits per heavy atom. The van der Waals surface area contributed by atoms with E-state index in [1.54, 1.807) is 0 Å². The van der Waals surface area contributed by atoms with Gasteiger partial charge in [0.25, 0.3) is 6.92 Å². The minimum Gasteiger partial charge on any atom is -0.436 e. The van der Waals surface area contributed by atoms with Crippen molar-refractivity contribution in [2.24, 2.45) is 16.7 Å². The Bertz CT molecular complexity index is 199. The molecule has 1 nitrogen and oxygen atoms in total. The van der Waals surface area contributed by atoms with Gasteiger partial charge in [-0.3, -0.25) is 0 Å². The molecule has 0 N–H and O–H groups in total. The molecule has 0 aromatic heterocycles. The van der Waals surface area contributed by atoms with Crippen LogP contribution < -0.4 is 0 Å². The highest BCUT2D eigenvalue weighted by Crippen LogP contribution is 2.50. The Labute approximate surface area is 89.7 Å². The highest BCUT2D eigenvalue weighted by Gasteiger charge is 2.48. The van der Waals surface area contributed by atoms with Crippen LogP contribution in [0, 0.1) is 16.7 Å². The molecule has 0 radical (unpaired) electrons. The molecule has 1 fully saturated rings. The summed E-state index contributed by atoms with van der Waals surface area (Å²) in [5.74, 6) is 1.37. The van der Waals surface area contributed by atoms with Gasteiger partial charge >= 0.3 is 0 Å². The van der Waals surface area contributed by atoms with Crippen LogP contribution in [0.3, 0.4) is 0 Å². The molecular formula is C12H25BO. The van der Waals surface area contributed by atoms with E-state index in [0.717, 1.165) is 6.61 Å². The summed E-state index contributed by atoms with van der Waals surface area (Å²) in [6.07, 6.45) is 0. The van der Waals surface area contributed by atoms with E-state index < -0.39 is 0 Å². The first-order chi connectivity index (χ1) is 6.14. The second-order valence-electron chi connectivity index (χ2n) is 6.90. The quantitative estimate of drug-likeness (QED) is 0.536. The second kappa shape index (κ2) is 3.55. The summed E-state index contributed by atoms with van der Waals surface area (Å²) in [5, 5.41) is 0. The summed E-state index contributed by atoms with van der Waals surface area (Å²) in [6, 6.07) is 0. The minimum atomic E-state index is 0.355. The van der Waals surface area contributed by atoms with Crippen molar-refractivity contribution < 1.29 is 4.65 Å². The summed E-state index contributed by atoms with van der Waals surface area (Å²) in [6.45, 7) is 17.6. The number of hydrogen-bond acceptors (Lipinski definition) is 1. The van der Waals surface area contributed by atoms with Gasteiger partial charge in [0, 0.05) is 6.61 Å². The molecular weight excluding hydrogens is 171 g/mol. The van der Waals surface area contributed by atoms with Gasteiger partial charge in [-0.2, -0.15) is 0 Å². The lowest BCUT2D eigenvalue weighted by atomic mass is 9.45. The molecule has 82 valence electrons. The molecule has 0 bridgehead atoms. The molecule has 1 saturated heterocycles. The van der Waals surface area contributed by atoms with Crippen molar-refractivity contribution in [3.05, 3.63) is 0 Å². The van der Waals surface area contributed by atoms with Gasteiger partial charge in [-0.05, 0) is 22.6 Å². The summed E-state index contributed by atoms with van der Waals surface area (Å²) in [5.41, 5.74) is 0.719. The zero-order valence-electron chi connectivity index (χ0n) is 10.8. The number of rotatable bonds is 0. The Morgan fingerprint density at radius 3 is 1.79 bits per heavy atom. The maximum Gasteiger partial charge on any atom is 0.293 e. The van der Waals surface area contributed by atoms with Crippen molar-refractivity contribution in [2.45, 2.75) is 54.2 Å². The first-order valence-electron chi connectivity index (χ1n) is 5.75. The maximum atomic E-state index is 5.83. The highest BCUT2D eigenvalue weighted by molar-refractivity contribution is 6.53. The van der Waals surface area contributed by atoms with Crippen molar-refractivity contribution in [2.75, 3.05) is 6.61 Å². The molecule has 0 amide bonds. The van der Waals surface area contributed by atoms with Crippen molar-refractivity contribution in [3.63, 3.8) is 0 Å². The predicted octanol–water partition coefficient (Wildman–Crippen LogP) is 3.72. The fourth-order valence-corrected chi connectivity index (χ4v) is 2.89. The first-order valence-corrected chi connectivity index (χ1v) is 5.75. The molecule has 2 atom stereocenters. The van der Waals surface area contributed by atoms with E-state index in [2.05, 4.69) is 48.4 Å². The van der Waals surface area contributed by atoms with E-state index in [9.17, 15) is 0 Å². The molecule has 0 aromatic rings. The van der Waals surface area contributed by atoms with Crippen LogP contribution in [0.25, 0.3) is 0 Å². The van der Waals surface area contributed by atoms with Gasteiger partial charge in [-0.25, -0.2) is 0 Å². The van der Waals surface area contributed by atoms with Gasteiger partial charge < -0.3 is 4.65 Å². The fraction of sp³-hybridized carbons (Fsp3) is 1.00.